The van der Waals surface area contributed by atoms with Crippen molar-refractivity contribution in [3.05, 3.63) is 23.8 Å². The summed E-state index contributed by atoms with van der Waals surface area (Å²) in [6.07, 6.45) is 2.54. The topological polar surface area (TPSA) is 73.5 Å². The third-order valence-electron chi connectivity index (χ3n) is 4.25. The molecule has 8 heteroatoms. The lowest BCUT2D eigenvalue weighted by Gasteiger charge is -2.24. The van der Waals surface area contributed by atoms with Crippen LogP contribution in [-0.2, 0) is 4.79 Å². The van der Waals surface area contributed by atoms with E-state index in [9.17, 15) is 9.59 Å². The number of halogens is 2. The van der Waals surface area contributed by atoms with Gasteiger partial charge in [-0.05, 0) is 37.6 Å². The first-order chi connectivity index (χ1) is 10.6. The molecule has 3 rings (SSSR count). The van der Waals surface area contributed by atoms with Crippen LogP contribution in [0, 0.1) is 0 Å². The van der Waals surface area contributed by atoms with Crippen molar-refractivity contribution in [1.82, 2.24) is 10.6 Å². The molecule has 2 aliphatic heterocycles. The number of anilines is 2. The van der Waals surface area contributed by atoms with Gasteiger partial charge in [0.05, 0.1) is 11.4 Å². The molecule has 24 heavy (non-hydrogen) atoms. The molecule has 0 aromatic heterocycles. The number of amides is 2. The van der Waals surface area contributed by atoms with E-state index in [0.29, 0.717) is 24.2 Å². The number of piperidine rings is 1. The van der Waals surface area contributed by atoms with Gasteiger partial charge in [0.2, 0.25) is 5.91 Å². The molecule has 2 heterocycles. The quantitative estimate of drug-likeness (QED) is 0.737. The fourth-order valence-electron chi connectivity index (χ4n) is 2.96. The van der Waals surface area contributed by atoms with Crippen molar-refractivity contribution in [3.8, 4) is 0 Å². The number of fused-ring (bicyclic) bond motifs is 1. The van der Waals surface area contributed by atoms with Crippen LogP contribution < -0.4 is 20.9 Å². The van der Waals surface area contributed by atoms with Crippen LogP contribution in [0.3, 0.4) is 0 Å². The SMILES string of the molecule is CN1CCC(=O)Nc2cc(C(=O)N[C@H]3CCCNC3)ccc21.Cl.Cl. The van der Waals surface area contributed by atoms with Crippen molar-refractivity contribution in [2.24, 2.45) is 0 Å². The number of rotatable bonds is 2. The monoisotopic (exact) mass is 374 g/mol. The fraction of sp³-hybridized carbons (Fsp3) is 0.500. The highest BCUT2D eigenvalue weighted by Gasteiger charge is 2.20. The fourth-order valence-corrected chi connectivity index (χ4v) is 2.96. The summed E-state index contributed by atoms with van der Waals surface area (Å²) in [5, 5.41) is 9.21. The van der Waals surface area contributed by atoms with Gasteiger partial charge < -0.3 is 20.9 Å². The second kappa shape index (κ2) is 9.11. The zero-order valence-electron chi connectivity index (χ0n) is 13.6. The molecule has 2 amide bonds. The van der Waals surface area contributed by atoms with Crippen LogP contribution in [0.1, 0.15) is 29.6 Å². The lowest BCUT2D eigenvalue weighted by Crippen LogP contribution is -2.45. The molecule has 0 unspecified atom stereocenters. The van der Waals surface area contributed by atoms with E-state index >= 15 is 0 Å². The van der Waals surface area contributed by atoms with E-state index in [2.05, 4.69) is 16.0 Å². The van der Waals surface area contributed by atoms with E-state index < -0.39 is 0 Å². The van der Waals surface area contributed by atoms with Crippen molar-refractivity contribution in [2.75, 3.05) is 36.9 Å². The predicted molar refractivity (Wildman–Crippen MR) is 101 cm³/mol. The molecule has 2 aliphatic rings. The van der Waals surface area contributed by atoms with Gasteiger partial charge in [-0.1, -0.05) is 0 Å². The third kappa shape index (κ3) is 4.75. The molecular formula is C16H24Cl2N4O2. The molecule has 1 aromatic rings. The molecule has 1 atom stereocenters. The summed E-state index contributed by atoms with van der Waals surface area (Å²) in [5.74, 6) is -0.0997. The van der Waals surface area contributed by atoms with Gasteiger partial charge in [-0.3, -0.25) is 9.59 Å². The van der Waals surface area contributed by atoms with Gasteiger partial charge in [-0.15, -0.1) is 24.8 Å². The second-order valence-electron chi connectivity index (χ2n) is 5.97. The Bertz CT molecular complexity index is 591. The average Bonchev–Trinajstić information content (AvgIpc) is 2.67. The van der Waals surface area contributed by atoms with Crippen LogP contribution in [0.25, 0.3) is 0 Å². The first-order valence-corrected chi connectivity index (χ1v) is 7.80. The van der Waals surface area contributed by atoms with Crippen molar-refractivity contribution < 1.29 is 9.59 Å². The molecular weight excluding hydrogens is 351 g/mol. The Kier molecular flexibility index (Phi) is 7.79. The smallest absolute Gasteiger partial charge is 0.251 e. The van der Waals surface area contributed by atoms with Gasteiger partial charge in [0.15, 0.2) is 0 Å². The van der Waals surface area contributed by atoms with E-state index in [-0.39, 0.29) is 42.7 Å². The number of carbonyl (C=O) groups is 2. The van der Waals surface area contributed by atoms with Crippen LogP contribution in [0.5, 0.6) is 0 Å². The Balaban J connectivity index is 0.00000144. The van der Waals surface area contributed by atoms with Gasteiger partial charge in [-0.25, -0.2) is 0 Å². The molecule has 3 N–H and O–H groups in total. The number of nitrogens with zero attached hydrogens (tertiary/aromatic N) is 1. The van der Waals surface area contributed by atoms with E-state index in [1.807, 2.05) is 24.1 Å². The number of hydrogen-bond donors (Lipinski definition) is 3. The summed E-state index contributed by atoms with van der Waals surface area (Å²) in [7, 11) is 1.95. The van der Waals surface area contributed by atoms with Gasteiger partial charge in [0, 0.05) is 38.2 Å². The van der Waals surface area contributed by atoms with Gasteiger partial charge in [0.1, 0.15) is 0 Å². The highest BCUT2D eigenvalue weighted by molar-refractivity contribution is 6.01. The molecule has 0 bridgehead atoms. The summed E-state index contributed by atoms with van der Waals surface area (Å²) in [4.78, 5) is 26.2. The zero-order chi connectivity index (χ0) is 15.5. The number of hydrogen-bond acceptors (Lipinski definition) is 4. The van der Waals surface area contributed by atoms with Gasteiger partial charge in [-0.2, -0.15) is 0 Å². The van der Waals surface area contributed by atoms with Crippen molar-refractivity contribution in [3.63, 3.8) is 0 Å². The maximum absolute atomic E-state index is 12.4. The maximum Gasteiger partial charge on any atom is 0.251 e. The van der Waals surface area contributed by atoms with Crippen LogP contribution in [0.4, 0.5) is 11.4 Å². The van der Waals surface area contributed by atoms with E-state index in [1.165, 1.54) is 0 Å². The van der Waals surface area contributed by atoms with Crippen LogP contribution in [0.2, 0.25) is 0 Å². The van der Waals surface area contributed by atoms with Crippen LogP contribution in [-0.4, -0.2) is 44.5 Å². The highest BCUT2D eigenvalue weighted by Crippen LogP contribution is 2.28. The Labute approximate surface area is 154 Å². The predicted octanol–water partition coefficient (Wildman–Crippen LogP) is 1.79. The Morgan fingerprint density at radius 1 is 1.33 bits per heavy atom. The van der Waals surface area contributed by atoms with Crippen LogP contribution >= 0.6 is 24.8 Å². The molecule has 1 fully saturated rings. The standard InChI is InChI=1S/C16H22N4O2.2ClH/c1-20-8-6-15(21)19-13-9-11(4-5-14(13)20)16(22)18-12-3-2-7-17-10-12;;/h4-5,9,12,17H,2-3,6-8,10H2,1H3,(H,18,22)(H,19,21);2*1H/t12-;;/m0../s1. The molecule has 0 aliphatic carbocycles. The maximum atomic E-state index is 12.4. The molecule has 0 spiro atoms. The molecule has 0 radical (unpaired) electrons. The zero-order valence-corrected chi connectivity index (χ0v) is 15.3. The summed E-state index contributed by atoms with van der Waals surface area (Å²) >= 11 is 0. The first kappa shape index (κ1) is 20.5. The lowest BCUT2D eigenvalue weighted by molar-refractivity contribution is -0.115. The number of carbonyl (C=O) groups excluding carboxylic acids is 2. The molecule has 0 saturated carbocycles. The molecule has 6 nitrogen and oxygen atoms in total. The van der Waals surface area contributed by atoms with E-state index in [0.717, 1.165) is 31.6 Å². The second-order valence-corrected chi connectivity index (χ2v) is 5.97. The molecule has 1 aromatic carbocycles. The summed E-state index contributed by atoms with van der Waals surface area (Å²) in [6, 6.07) is 5.66. The van der Waals surface area contributed by atoms with Crippen molar-refractivity contribution in [1.29, 1.82) is 0 Å². The van der Waals surface area contributed by atoms with Gasteiger partial charge >= 0.3 is 0 Å². The van der Waals surface area contributed by atoms with Crippen molar-refractivity contribution >= 4 is 48.0 Å². The Morgan fingerprint density at radius 2 is 2.12 bits per heavy atom. The number of benzene rings is 1. The lowest BCUT2D eigenvalue weighted by atomic mass is 10.1. The highest BCUT2D eigenvalue weighted by atomic mass is 35.5. The van der Waals surface area contributed by atoms with E-state index in [4.69, 9.17) is 0 Å². The summed E-state index contributed by atoms with van der Waals surface area (Å²) in [6.45, 7) is 2.51. The van der Waals surface area contributed by atoms with E-state index in [1.54, 1.807) is 6.07 Å². The minimum absolute atomic E-state index is 0. The number of nitrogens with one attached hydrogen (secondary N) is 3. The minimum atomic E-state index is -0.0855. The normalized spacial score (nSPS) is 19.8. The largest absolute Gasteiger partial charge is 0.372 e. The summed E-state index contributed by atoms with van der Waals surface area (Å²) < 4.78 is 0. The van der Waals surface area contributed by atoms with Crippen LogP contribution in [0.15, 0.2) is 18.2 Å². The Hall–Kier alpha value is -1.50. The third-order valence-corrected chi connectivity index (χ3v) is 4.25. The van der Waals surface area contributed by atoms with Gasteiger partial charge in [0.25, 0.3) is 5.91 Å². The molecule has 134 valence electrons. The summed E-state index contributed by atoms with van der Waals surface area (Å²) in [5.41, 5.74) is 2.24. The van der Waals surface area contributed by atoms with Crippen molar-refractivity contribution in [2.45, 2.75) is 25.3 Å². The minimum Gasteiger partial charge on any atom is -0.372 e. The first-order valence-electron chi connectivity index (χ1n) is 7.80. The average molecular weight is 375 g/mol. The Morgan fingerprint density at radius 3 is 2.83 bits per heavy atom. The molecule has 1 saturated heterocycles.